The van der Waals surface area contributed by atoms with Crippen LogP contribution in [0, 0.1) is 0 Å². The van der Waals surface area contributed by atoms with Crippen molar-refractivity contribution in [3.05, 3.63) is 70.0 Å². The highest BCUT2D eigenvalue weighted by Gasteiger charge is 2.11. The lowest BCUT2D eigenvalue weighted by molar-refractivity contribution is -0.121. The Morgan fingerprint density at radius 3 is 2.04 bits per heavy atom. The number of amides is 1. The maximum atomic E-state index is 12.4. The van der Waals surface area contributed by atoms with Crippen LogP contribution in [-0.4, -0.2) is 15.0 Å². The van der Waals surface area contributed by atoms with E-state index in [2.05, 4.69) is 16.1 Å². The van der Waals surface area contributed by atoms with Crippen LogP contribution in [0.5, 0.6) is 0 Å². The Morgan fingerprint density at radius 1 is 0.893 bits per heavy atom. The van der Waals surface area contributed by atoms with Crippen molar-refractivity contribution in [3.8, 4) is 0 Å². The fourth-order valence-corrected chi connectivity index (χ4v) is 4.11. The molecule has 0 aliphatic carbocycles. The summed E-state index contributed by atoms with van der Waals surface area (Å²) < 4.78 is 4.12. The van der Waals surface area contributed by atoms with Gasteiger partial charge in [0.1, 0.15) is 0 Å². The zero-order valence-electron chi connectivity index (χ0n) is 15.8. The Labute approximate surface area is 173 Å². The number of benzene rings is 2. The molecule has 0 fully saturated rings. The number of halogens is 2. The number of carbonyl (C=O) groups is 1. The van der Waals surface area contributed by atoms with E-state index in [4.69, 9.17) is 23.2 Å². The van der Waals surface area contributed by atoms with Gasteiger partial charge in [-0.3, -0.25) is 4.79 Å². The second kappa shape index (κ2) is 7.53. The number of fused-ring (bicyclic) bond motifs is 2. The van der Waals surface area contributed by atoms with Gasteiger partial charge in [0.05, 0.1) is 0 Å². The maximum Gasteiger partial charge on any atom is 0.220 e. The largest absolute Gasteiger partial charge is 0.352 e. The highest BCUT2D eigenvalue weighted by atomic mass is 35.5. The molecule has 0 atom stereocenters. The number of hydrogen-bond donors (Lipinski definition) is 1. The molecule has 2 aromatic carbocycles. The van der Waals surface area contributed by atoms with Gasteiger partial charge < -0.3 is 14.5 Å². The Morgan fingerprint density at radius 2 is 1.43 bits per heavy atom. The van der Waals surface area contributed by atoms with Crippen molar-refractivity contribution >= 4 is 50.9 Å². The van der Waals surface area contributed by atoms with Gasteiger partial charge in [0.15, 0.2) is 0 Å². The zero-order chi connectivity index (χ0) is 19.8. The number of rotatable bonds is 5. The van der Waals surface area contributed by atoms with E-state index in [1.807, 2.05) is 61.3 Å². The van der Waals surface area contributed by atoms with Crippen molar-refractivity contribution in [2.24, 2.45) is 14.1 Å². The van der Waals surface area contributed by atoms with Gasteiger partial charge >= 0.3 is 0 Å². The van der Waals surface area contributed by atoms with Crippen molar-refractivity contribution in [1.82, 2.24) is 14.5 Å². The Bertz CT molecular complexity index is 1100. The monoisotopic (exact) mass is 413 g/mol. The minimum absolute atomic E-state index is 0.0260. The molecule has 28 heavy (non-hydrogen) atoms. The molecule has 2 heterocycles. The van der Waals surface area contributed by atoms with Crippen molar-refractivity contribution in [3.63, 3.8) is 0 Å². The van der Waals surface area contributed by atoms with Crippen LogP contribution in [0.1, 0.15) is 17.5 Å². The summed E-state index contributed by atoms with van der Waals surface area (Å²) >= 11 is 12.3. The summed E-state index contributed by atoms with van der Waals surface area (Å²) in [5, 5.41) is 6.61. The molecule has 0 aliphatic heterocycles. The lowest BCUT2D eigenvalue weighted by atomic mass is 10.1. The molecule has 0 spiro atoms. The molecule has 0 bridgehead atoms. The number of nitrogens with one attached hydrogen (secondary N) is 1. The number of nitrogens with zero attached hydrogens (tertiary/aromatic N) is 2. The minimum atomic E-state index is 0.0260. The smallest absolute Gasteiger partial charge is 0.220 e. The second-order valence-electron chi connectivity index (χ2n) is 7.13. The zero-order valence-corrected chi connectivity index (χ0v) is 17.3. The predicted octanol–water partition coefficient (Wildman–Crippen LogP) is 5.23. The Balaban J connectivity index is 1.43. The van der Waals surface area contributed by atoms with E-state index in [0.717, 1.165) is 32.9 Å². The van der Waals surface area contributed by atoms with E-state index in [0.29, 0.717) is 29.4 Å². The first-order chi connectivity index (χ1) is 13.4. The molecule has 4 aromatic rings. The molecular weight excluding hydrogens is 393 g/mol. The molecule has 0 radical (unpaired) electrons. The molecule has 0 saturated carbocycles. The molecule has 6 heteroatoms. The highest BCUT2D eigenvalue weighted by molar-refractivity contribution is 6.31. The summed E-state index contributed by atoms with van der Waals surface area (Å²) in [6.07, 6.45) is 5.21. The van der Waals surface area contributed by atoms with Crippen LogP contribution >= 0.6 is 23.2 Å². The van der Waals surface area contributed by atoms with Gasteiger partial charge in [-0.25, -0.2) is 0 Å². The van der Waals surface area contributed by atoms with E-state index in [9.17, 15) is 4.79 Å². The first-order valence-corrected chi connectivity index (χ1v) is 9.91. The van der Waals surface area contributed by atoms with E-state index in [1.54, 1.807) is 0 Å². The number of aromatic nitrogens is 2. The van der Waals surface area contributed by atoms with Gasteiger partial charge in [0.25, 0.3) is 0 Å². The number of hydrogen-bond acceptors (Lipinski definition) is 1. The predicted molar refractivity (Wildman–Crippen MR) is 116 cm³/mol. The maximum absolute atomic E-state index is 12.4. The molecule has 0 aliphatic rings. The van der Waals surface area contributed by atoms with Gasteiger partial charge in [0.2, 0.25) is 5.91 Å². The average molecular weight is 414 g/mol. The number of aryl methyl sites for hydroxylation is 3. The van der Waals surface area contributed by atoms with Gasteiger partial charge in [-0.05, 0) is 53.9 Å². The fraction of sp³-hybridized carbons (Fsp3) is 0.227. The van der Waals surface area contributed by atoms with Crippen molar-refractivity contribution < 1.29 is 4.79 Å². The molecule has 144 valence electrons. The summed E-state index contributed by atoms with van der Waals surface area (Å²) in [4.78, 5) is 12.4. The lowest BCUT2D eigenvalue weighted by Gasteiger charge is -2.05. The molecule has 0 saturated heterocycles. The molecule has 0 unspecified atom stereocenters. The molecule has 1 amide bonds. The molecule has 4 rings (SSSR count). The van der Waals surface area contributed by atoms with Crippen LogP contribution in [0.25, 0.3) is 21.8 Å². The molecule has 4 nitrogen and oxygen atoms in total. The van der Waals surface area contributed by atoms with Crippen molar-refractivity contribution in [2.45, 2.75) is 19.4 Å². The summed E-state index contributed by atoms with van der Waals surface area (Å²) in [6.45, 7) is 0.484. The Hall–Kier alpha value is -2.43. The van der Waals surface area contributed by atoms with Crippen LogP contribution in [-0.2, 0) is 31.9 Å². The number of carbonyl (C=O) groups excluding carboxylic acids is 1. The van der Waals surface area contributed by atoms with Gasteiger partial charge in [-0.2, -0.15) is 0 Å². The minimum Gasteiger partial charge on any atom is -0.352 e. The molecule has 2 aromatic heterocycles. The fourth-order valence-electron chi connectivity index (χ4n) is 3.76. The third kappa shape index (κ3) is 3.62. The van der Waals surface area contributed by atoms with E-state index in [-0.39, 0.29) is 5.91 Å². The van der Waals surface area contributed by atoms with Crippen LogP contribution in [0.4, 0.5) is 0 Å². The van der Waals surface area contributed by atoms with E-state index in [1.165, 1.54) is 0 Å². The van der Waals surface area contributed by atoms with Gasteiger partial charge in [-0.1, -0.05) is 23.2 Å². The van der Waals surface area contributed by atoms with Crippen LogP contribution < -0.4 is 5.32 Å². The van der Waals surface area contributed by atoms with Crippen LogP contribution in [0.3, 0.4) is 0 Å². The SMILES string of the molecule is Cn1cc(CCC(=O)NCc2cn(C)c3ccc(Cl)cc23)c2cc(Cl)ccc21. The van der Waals surface area contributed by atoms with Gasteiger partial charge in [-0.15, -0.1) is 0 Å². The van der Waals surface area contributed by atoms with E-state index < -0.39 is 0 Å². The van der Waals surface area contributed by atoms with Crippen molar-refractivity contribution in [1.29, 1.82) is 0 Å². The Kier molecular flexibility index (Phi) is 5.09. The standard InChI is InChI=1S/C22H21Cl2N3O/c1-26-12-14(18-9-16(23)4-6-20(18)26)3-8-22(28)25-11-15-13-27(2)21-7-5-17(24)10-19(15)21/h4-7,9-10,12-13H,3,8,11H2,1-2H3,(H,25,28). The quantitative estimate of drug-likeness (QED) is 0.478. The third-order valence-corrected chi connectivity index (χ3v) is 5.64. The molecule has 1 N–H and O–H groups in total. The summed E-state index contributed by atoms with van der Waals surface area (Å²) in [5.74, 6) is 0.0260. The van der Waals surface area contributed by atoms with Crippen LogP contribution in [0.2, 0.25) is 10.0 Å². The van der Waals surface area contributed by atoms with E-state index >= 15 is 0 Å². The summed E-state index contributed by atoms with van der Waals surface area (Å²) in [7, 11) is 4.00. The van der Waals surface area contributed by atoms with Gasteiger partial charge in [0, 0.05) is 71.3 Å². The third-order valence-electron chi connectivity index (χ3n) is 5.17. The second-order valence-corrected chi connectivity index (χ2v) is 8.00. The highest BCUT2D eigenvalue weighted by Crippen LogP contribution is 2.26. The topological polar surface area (TPSA) is 39.0 Å². The normalized spacial score (nSPS) is 11.4. The van der Waals surface area contributed by atoms with Crippen molar-refractivity contribution in [2.75, 3.05) is 0 Å². The summed E-state index contributed by atoms with van der Waals surface area (Å²) in [6, 6.07) is 11.7. The van der Waals surface area contributed by atoms with Crippen LogP contribution in [0.15, 0.2) is 48.8 Å². The lowest BCUT2D eigenvalue weighted by Crippen LogP contribution is -2.22. The first kappa shape index (κ1) is 18.9. The summed E-state index contributed by atoms with van der Waals surface area (Å²) in [5.41, 5.74) is 4.41. The first-order valence-electron chi connectivity index (χ1n) is 9.16. The average Bonchev–Trinajstić information content (AvgIpc) is 3.14. The molecular formula is C22H21Cl2N3O.